The highest BCUT2D eigenvalue weighted by molar-refractivity contribution is 5.76. The minimum atomic E-state index is -0.751. The molecule has 0 heterocycles. The Bertz CT molecular complexity index is 291. The molecular weight excluding hydrogens is 256 g/mol. The average Bonchev–Trinajstić information content (AvgIpc) is 2.32. The van der Waals surface area contributed by atoms with E-state index in [-0.39, 0.29) is 12.3 Å². The molecule has 0 fully saturated rings. The summed E-state index contributed by atoms with van der Waals surface area (Å²) >= 11 is 0. The van der Waals surface area contributed by atoms with Crippen LogP contribution in [0.1, 0.15) is 53.4 Å². The van der Waals surface area contributed by atoms with Crippen molar-refractivity contribution in [2.24, 2.45) is 11.8 Å². The van der Waals surface area contributed by atoms with Crippen molar-refractivity contribution >= 4 is 11.9 Å². The Kier molecular flexibility index (Phi) is 10.1. The van der Waals surface area contributed by atoms with Gasteiger partial charge in [0.05, 0.1) is 0 Å². The van der Waals surface area contributed by atoms with Crippen LogP contribution >= 0.6 is 0 Å². The first-order chi connectivity index (χ1) is 9.32. The monoisotopic (exact) mass is 286 g/mol. The number of carbonyl (C=O) groups excluding carboxylic acids is 1. The van der Waals surface area contributed by atoms with E-state index < -0.39 is 5.97 Å². The van der Waals surface area contributed by atoms with E-state index in [0.717, 1.165) is 6.42 Å². The maximum Gasteiger partial charge on any atom is 0.303 e. The number of hydrogen-bond donors (Lipinski definition) is 3. The standard InChI is InChI=1S/C15H30N2O3/c1-11(2)13(5-6-15(19)20)7-9-17-14(18)8-10-16-12(3)4/h11-13,16H,5-10H2,1-4H3,(H,17,18)(H,19,20). The number of aliphatic carboxylic acids is 1. The van der Waals surface area contributed by atoms with Crippen molar-refractivity contribution in [1.29, 1.82) is 0 Å². The van der Waals surface area contributed by atoms with E-state index in [4.69, 9.17) is 5.11 Å². The molecule has 0 rings (SSSR count). The van der Waals surface area contributed by atoms with Crippen molar-refractivity contribution < 1.29 is 14.7 Å². The maximum atomic E-state index is 11.6. The van der Waals surface area contributed by atoms with Gasteiger partial charge in [-0.05, 0) is 24.7 Å². The summed E-state index contributed by atoms with van der Waals surface area (Å²) in [6.07, 6.45) is 2.21. The second-order valence-corrected chi connectivity index (χ2v) is 5.93. The summed E-state index contributed by atoms with van der Waals surface area (Å²) in [5, 5.41) is 14.8. The fourth-order valence-corrected chi connectivity index (χ4v) is 2.08. The smallest absolute Gasteiger partial charge is 0.303 e. The van der Waals surface area contributed by atoms with Crippen molar-refractivity contribution in [3.8, 4) is 0 Å². The van der Waals surface area contributed by atoms with E-state index in [0.29, 0.717) is 43.8 Å². The minimum Gasteiger partial charge on any atom is -0.481 e. The molecule has 0 aliphatic heterocycles. The van der Waals surface area contributed by atoms with Crippen molar-refractivity contribution in [2.75, 3.05) is 13.1 Å². The second-order valence-electron chi connectivity index (χ2n) is 5.93. The number of nitrogens with one attached hydrogen (secondary N) is 2. The minimum absolute atomic E-state index is 0.0545. The molecule has 0 aromatic carbocycles. The summed E-state index contributed by atoms with van der Waals surface area (Å²) in [4.78, 5) is 22.2. The van der Waals surface area contributed by atoms with E-state index in [1.807, 2.05) is 13.8 Å². The van der Waals surface area contributed by atoms with E-state index in [9.17, 15) is 9.59 Å². The fraction of sp³-hybridized carbons (Fsp3) is 0.867. The number of carboxylic acid groups (broad SMARTS) is 1. The Morgan fingerprint density at radius 3 is 2.15 bits per heavy atom. The van der Waals surface area contributed by atoms with E-state index in [1.165, 1.54) is 0 Å². The highest BCUT2D eigenvalue weighted by atomic mass is 16.4. The van der Waals surface area contributed by atoms with Gasteiger partial charge in [-0.2, -0.15) is 0 Å². The van der Waals surface area contributed by atoms with Gasteiger partial charge in [0.2, 0.25) is 5.91 Å². The van der Waals surface area contributed by atoms with E-state index >= 15 is 0 Å². The van der Waals surface area contributed by atoms with Crippen LogP contribution in [0.15, 0.2) is 0 Å². The maximum absolute atomic E-state index is 11.6. The molecule has 0 radical (unpaired) electrons. The summed E-state index contributed by atoms with van der Waals surface area (Å²) < 4.78 is 0. The third kappa shape index (κ3) is 10.8. The fourth-order valence-electron chi connectivity index (χ4n) is 2.08. The molecule has 0 spiro atoms. The van der Waals surface area contributed by atoms with Crippen LogP contribution in [0.3, 0.4) is 0 Å². The molecule has 5 nitrogen and oxygen atoms in total. The zero-order chi connectivity index (χ0) is 15.5. The van der Waals surface area contributed by atoms with Gasteiger partial charge in [-0.15, -0.1) is 0 Å². The summed E-state index contributed by atoms with van der Waals surface area (Å²) in [6, 6.07) is 0.393. The van der Waals surface area contributed by atoms with Crippen LogP contribution in [-0.2, 0) is 9.59 Å². The average molecular weight is 286 g/mol. The molecule has 118 valence electrons. The first kappa shape index (κ1) is 18.9. The number of carbonyl (C=O) groups is 2. The third-order valence-electron chi connectivity index (χ3n) is 3.41. The Morgan fingerprint density at radius 1 is 1.00 bits per heavy atom. The zero-order valence-electron chi connectivity index (χ0n) is 13.2. The molecular formula is C15H30N2O3. The van der Waals surface area contributed by atoms with Crippen LogP contribution in [0.5, 0.6) is 0 Å². The number of amides is 1. The van der Waals surface area contributed by atoms with Crippen LogP contribution in [0, 0.1) is 11.8 Å². The Balaban J connectivity index is 3.81. The van der Waals surface area contributed by atoms with Gasteiger partial charge in [0.1, 0.15) is 0 Å². The molecule has 1 atom stereocenters. The van der Waals surface area contributed by atoms with E-state index in [2.05, 4.69) is 24.5 Å². The molecule has 0 aliphatic carbocycles. The van der Waals surface area contributed by atoms with Crippen molar-refractivity contribution in [3.05, 3.63) is 0 Å². The summed E-state index contributed by atoms with van der Waals surface area (Å²) in [5.74, 6) is 0.0902. The van der Waals surface area contributed by atoms with Gasteiger partial charge in [-0.3, -0.25) is 9.59 Å². The number of rotatable bonds is 11. The normalized spacial score (nSPS) is 12.7. The van der Waals surface area contributed by atoms with Crippen molar-refractivity contribution in [3.63, 3.8) is 0 Å². The molecule has 0 aromatic rings. The van der Waals surface area contributed by atoms with E-state index in [1.54, 1.807) is 0 Å². The van der Waals surface area contributed by atoms with Gasteiger partial charge in [-0.1, -0.05) is 27.7 Å². The van der Waals surface area contributed by atoms with Gasteiger partial charge in [0.25, 0.3) is 0 Å². The third-order valence-corrected chi connectivity index (χ3v) is 3.41. The second kappa shape index (κ2) is 10.7. The quantitative estimate of drug-likeness (QED) is 0.543. The Labute approximate surface area is 122 Å². The molecule has 0 aromatic heterocycles. The van der Waals surface area contributed by atoms with Crippen LogP contribution in [-0.4, -0.2) is 36.1 Å². The lowest BCUT2D eigenvalue weighted by Crippen LogP contribution is -2.32. The predicted octanol–water partition coefficient (Wildman–Crippen LogP) is 2.02. The molecule has 1 unspecified atom stereocenters. The molecule has 3 N–H and O–H groups in total. The number of hydrogen-bond acceptors (Lipinski definition) is 3. The zero-order valence-corrected chi connectivity index (χ0v) is 13.2. The first-order valence-electron chi connectivity index (χ1n) is 7.54. The topological polar surface area (TPSA) is 78.4 Å². The summed E-state index contributed by atoms with van der Waals surface area (Å²) in [6.45, 7) is 9.61. The van der Waals surface area contributed by atoms with Gasteiger partial charge < -0.3 is 15.7 Å². The summed E-state index contributed by atoms with van der Waals surface area (Å²) in [5.41, 5.74) is 0. The van der Waals surface area contributed by atoms with Crippen LogP contribution in [0.2, 0.25) is 0 Å². The molecule has 0 aliphatic rings. The lowest BCUT2D eigenvalue weighted by molar-refractivity contribution is -0.137. The predicted molar refractivity (Wildman–Crippen MR) is 80.6 cm³/mol. The Hall–Kier alpha value is -1.10. The molecule has 20 heavy (non-hydrogen) atoms. The Morgan fingerprint density at radius 2 is 1.65 bits per heavy atom. The molecule has 0 bridgehead atoms. The molecule has 0 saturated heterocycles. The highest BCUT2D eigenvalue weighted by Gasteiger charge is 2.15. The van der Waals surface area contributed by atoms with Crippen LogP contribution in [0.25, 0.3) is 0 Å². The molecule has 0 saturated carbocycles. The lowest BCUT2D eigenvalue weighted by atomic mass is 9.88. The van der Waals surface area contributed by atoms with Gasteiger partial charge in [0.15, 0.2) is 0 Å². The van der Waals surface area contributed by atoms with Gasteiger partial charge in [0, 0.05) is 32.0 Å². The van der Waals surface area contributed by atoms with Gasteiger partial charge in [-0.25, -0.2) is 0 Å². The van der Waals surface area contributed by atoms with Crippen molar-refractivity contribution in [2.45, 2.75) is 59.4 Å². The first-order valence-corrected chi connectivity index (χ1v) is 7.54. The molecule has 5 heteroatoms. The van der Waals surface area contributed by atoms with Crippen LogP contribution < -0.4 is 10.6 Å². The number of carboxylic acids is 1. The van der Waals surface area contributed by atoms with Gasteiger partial charge >= 0.3 is 5.97 Å². The van der Waals surface area contributed by atoms with Crippen molar-refractivity contribution in [1.82, 2.24) is 10.6 Å². The SMILES string of the molecule is CC(C)NCCC(=O)NCCC(CCC(=O)O)C(C)C. The van der Waals surface area contributed by atoms with Crippen LogP contribution in [0.4, 0.5) is 0 Å². The largest absolute Gasteiger partial charge is 0.481 e. The lowest BCUT2D eigenvalue weighted by Gasteiger charge is -2.20. The highest BCUT2D eigenvalue weighted by Crippen LogP contribution is 2.20. The summed E-state index contributed by atoms with van der Waals surface area (Å²) in [7, 11) is 0. The molecule has 1 amide bonds.